The molecule has 2 aromatic rings. The maximum absolute atomic E-state index is 11.9. The van der Waals surface area contributed by atoms with E-state index in [1.165, 1.54) is 13.1 Å². The quantitative estimate of drug-likeness (QED) is 0.652. The van der Waals surface area contributed by atoms with Gasteiger partial charge in [-0.25, -0.2) is 5.43 Å². The first-order valence-electron chi connectivity index (χ1n) is 6.62. The number of carbonyl (C=O) groups excluding carboxylic acids is 2. The molecule has 5 nitrogen and oxygen atoms in total. The summed E-state index contributed by atoms with van der Waals surface area (Å²) >= 11 is 11.9. The number of anilines is 1. The normalized spacial score (nSPS) is 10.6. The highest BCUT2D eigenvalue weighted by atomic mass is 35.5. The minimum atomic E-state index is -0.381. The van der Waals surface area contributed by atoms with Crippen molar-refractivity contribution >= 4 is 46.9 Å². The van der Waals surface area contributed by atoms with E-state index in [2.05, 4.69) is 15.8 Å². The van der Waals surface area contributed by atoms with E-state index < -0.39 is 0 Å². The Morgan fingerprint density at radius 1 is 1.09 bits per heavy atom. The van der Waals surface area contributed by atoms with Gasteiger partial charge in [0.1, 0.15) is 0 Å². The zero-order valence-electron chi connectivity index (χ0n) is 12.1. The van der Waals surface area contributed by atoms with E-state index in [0.29, 0.717) is 26.9 Å². The summed E-state index contributed by atoms with van der Waals surface area (Å²) in [5, 5.41) is 7.25. The number of nitrogens with zero attached hydrogens (tertiary/aromatic N) is 1. The van der Waals surface area contributed by atoms with Crippen molar-refractivity contribution in [1.29, 1.82) is 0 Å². The van der Waals surface area contributed by atoms with Gasteiger partial charge in [-0.2, -0.15) is 5.10 Å². The first-order chi connectivity index (χ1) is 11.0. The molecule has 0 saturated carbocycles. The first kappa shape index (κ1) is 17.0. The second-order valence-electron chi connectivity index (χ2n) is 4.60. The van der Waals surface area contributed by atoms with Crippen molar-refractivity contribution in [3.63, 3.8) is 0 Å². The Bertz CT molecular complexity index is 758. The van der Waals surface area contributed by atoms with Gasteiger partial charge in [0, 0.05) is 23.7 Å². The zero-order valence-corrected chi connectivity index (χ0v) is 13.7. The number of halogens is 2. The summed E-state index contributed by atoms with van der Waals surface area (Å²) in [5.41, 5.74) is 4.02. The topological polar surface area (TPSA) is 70.6 Å². The van der Waals surface area contributed by atoms with Gasteiger partial charge < -0.3 is 5.32 Å². The number of carbonyl (C=O) groups is 2. The summed E-state index contributed by atoms with van der Waals surface area (Å²) < 4.78 is 0. The number of nitrogens with one attached hydrogen (secondary N) is 2. The van der Waals surface area contributed by atoms with Crippen molar-refractivity contribution in [2.45, 2.75) is 6.92 Å². The van der Waals surface area contributed by atoms with Crippen LogP contribution in [0.25, 0.3) is 0 Å². The van der Waals surface area contributed by atoms with Crippen molar-refractivity contribution in [1.82, 2.24) is 5.43 Å². The Morgan fingerprint density at radius 2 is 1.78 bits per heavy atom. The number of amides is 2. The summed E-state index contributed by atoms with van der Waals surface area (Å²) in [4.78, 5) is 22.9. The van der Waals surface area contributed by atoms with Crippen LogP contribution in [0.5, 0.6) is 0 Å². The van der Waals surface area contributed by atoms with Gasteiger partial charge in [-0.1, -0.05) is 35.3 Å². The van der Waals surface area contributed by atoms with Gasteiger partial charge in [-0.3, -0.25) is 9.59 Å². The summed E-state index contributed by atoms with van der Waals surface area (Å²) in [6, 6.07) is 11.6. The van der Waals surface area contributed by atoms with Crippen LogP contribution in [0.2, 0.25) is 10.0 Å². The highest BCUT2D eigenvalue weighted by Crippen LogP contribution is 2.24. The van der Waals surface area contributed by atoms with Crippen molar-refractivity contribution in [2.24, 2.45) is 5.10 Å². The Morgan fingerprint density at radius 3 is 2.43 bits per heavy atom. The third kappa shape index (κ3) is 4.81. The Kier molecular flexibility index (Phi) is 5.73. The standard InChI is InChI=1S/C16H13Cl2N3O2/c1-10(22)20-13-7-5-11(6-8-13)16(23)21-19-9-12-3-2-4-14(17)15(12)18/h2-9H,1H3,(H,20,22)(H,21,23)/b19-9-. The summed E-state index contributed by atoms with van der Waals surface area (Å²) in [6.45, 7) is 1.41. The lowest BCUT2D eigenvalue weighted by Gasteiger charge is -2.04. The van der Waals surface area contributed by atoms with Gasteiger partial charge >= 0.3 is 0 Å². The van der Waals surface area contributed by atoms with Gasteiger partial charge in [0.25, 0.3) is 5.91 Å². The minimum Gasteiger partial charge on any atom is -0.326 e. The fourth-order valence-electron chi connectivity index (χ4n) is 1.75. The lowest BCUT2D eigenvalue weighted by atomic mass is 10.2. The van der Waals surface area contributed by atoms with Gasteiger partial charge in [0.05, 0.1) is 16.3 Å². The van der Waals surface area contributed by atoms with Crippen molar-refractivity contribution < 1.29 is 9.59 Å². The average Bonchev–Trinajstić information content (AvgIpc) is 2.51. The molecule has 0 spiro atoms. The highest BCUT2D eigenvalue weighted by molar-refractivity contribution is 6.43. The van der Waals surface area contributed by atoms with Gasteiger partial charge in [-0.05, 0) is 30.3 Å². The van der Waals surface area contributed by atoms with Crippen molar-refractivity contribution in [2.75, 3.05) is 5.32 Å². The van der Waals surface area contributed by atoms with Gasteiger partial charge in [-0.15, -0.1) is 0 Å². The van der Waals surface area contributed by atoms with E-state index in [0.717, 1.165) is 0 Å². The molecule has 0 aliphatic heterocycles. The number of benzene rings is 2. The molecule has 7 heteroatoms. The molecule has 0 radical (unpaired) electrons. The molecule has 118 valence electrons. The third-order valence-electron chi connectivity index (χ3n) is 2.82. The smallest absolute Gasteiger partial charge is 0.271 e. The maximum Gasteiger partial charge on any atom is 0.271 e. The van der Waals surface area contributed by atoms with E-state index in [4.69, 9.17) is 23.2 Å². The molecule has 0 unspecified atom stereocenters. The number of hydrazone groups is 1. The highest BCUT2D eigenvalue weighted by Gasteiger charge is 2.05. The Hall–Kier alpha value is -2.37. The van der Waals surface area contributed by atoms with Crippen molar-refractivity contribution in [3.05, 3.63) is 63.6 Å². The Balaban J connectivity index is 2.00. The molecule has 0 atom stereocenters. The molecule has 0 saturated heterocycles. The first-order valence-corrected chi connectivity index (χ1v) is 7.38. The number of hydrogen-bond donors (Lipinski definition) is 2. The minimum absolute atomic E-state index is 0.176. The fraction of sp³-hybridized carbons (Fsp3) is 0.0625. The SMILES string of the molecule is CC(=O)Nc1ccc(C(=O)N/N=C\c2cccc(Cl)c2Cl)cc1. The van der Waals surface area contributed by atoms with Crippen LogP contribution in [0.3, 0.4) is 0 Å². The van der Waals surface area contributed by atoms with Crippen LogP contribution in [0.15, 0.2) is 47.6 Å². The molecule has 23 heavy (non-hydrogen) atoms. The van der Waals surface area contributed by atoms with E-state index in [1.54, 1.807) is 42.5 Å². The molecule has 0 bridgehead atoms. The van der Waals surface area contributed by atoms with E-state index in [9.17, 15) is 9.59 Å². The number of hydrogen-bond acceptors (Lipinski definition) is 3. The second kappa shape index (κ2) is 7.76. The predicted octanol–water partition coefficient (Wildman–Crippen LogP) is 3.72. The van der Waals surface area contributed by atoms with Crippen LogP contribution in [-0.2, 0) is 4.79 Å². The summed E-state index contributed by atoms with van der Waals surface area (Å²) in [6.07, 6.45) is 1.41. The average molecular weight is 350 g/mol. The molecule has 2 amide bonds. The Labute approximate surface area is 143 Å². The van der Waals surface area contributed by atoms with Crippen LogP contribution in [0, 0.1) is 0 Å². The summed E-state index contributed by atoms with van der Waals surface area (Å²) in [7, 11) is 0. The molecule has 0 aliphatic carbocycles. The lowest BCUT2D eigenvalue weighted by Crippen LogP contribution is -2.17. The molecule has 0 heterocycles. The zero-order chi connectivity index (χ0) is 16.8. The second-order valence-corrected chi connectivity index (χ2v) is 5.39. The van der Waals surface area contributed by atoms with E-state index in [-0.39, 0.29) is 11.8 Å². The fourth-order valence-corrected chi connectivity index (χ4v) is 2.11. The molecule has 2 aromatic carbocycles. The van der Waals surface area contributed by atoms with E-state index in [1.807, 2.05) is 0 Å². The van der Waals surface area contributed by atoms with Crippen LogP contribution < -0.4 is 10.7 Å². The lowest BCUT2D eigenvalue weighted by molar-refractivity contribution is -0.114. The number of rotatable bonds is 4. The van der Waals surface area contributed by atoms with Crippen LogP contribution >= 0.6 is 23.2 Å². The maximum atomic E-state index is 11.9. The van der Waals surface area contributed by atoms with Crippen LogP contribution in [0.4, 0.5) is 5.69 Å². The van der Waals surface area contributed by atoms with Gasteiger partial charge in [0.15, 0.2) is 0 Å². The molecule has 0 aliphatic rings. The van der Waals surface area contributed by atoms with Crippen molar-refractivity contribution in [3.8, 4) is 0 Å². The van der Waals surface area contributed by atoms with E-state index >= 15 is 0 Å². The predicted molar refractivity (Wildman–Crippen MR) is 92.3 cm³/mol. The molecule has 2 N–H and O–H groups in total. The molecule has 0 aromatic heterocycles. The third-order valence-corrected chi connectivity index (χ3v) is 3.65. The van der Waals surface area contributed by atoms with Crippen LogP contribution in [0.1, 0.15) is 22.8 Å². The molecular formula is C16H13Cl2N3O2. The largest absolute Gasteiger partial charge is 0.326 e. The van der Waals surface area contributed by atoms with Gasteiger partial charge in [0.2, 0.25) is 5.91 Å². The summed E-state index contributed by atoms with van der Waals surface area (Å²) in [5.74, 6) is -0.557. The monoisotopic (exact) mass is 349 g/mol. The molecule has 0 fully saturated rings. The molecular weight excluding hydrogens is 337 g/mol. The molecule has 2 rings (SSSR count). The van der Waals surface area contributed by atoms with Crippen LogP contribution in [-0.4, -0.2) is 18.0 Å².